The molecule has 0 aliphatic heterocycles. The van der Waals surface area contributed by atoms with Gasteiger partial charge in [0.2, 0.25) is 5.91 Å². The fraction of sp³-hybridized carbons (Fsp3) is 0.389. The molecule has 1 aliphatic carbocycles. The molecule has 0 radical (unpaired) electrons. The summed E-state index contributed by atoms with van der Waals surface area (Å²) < 4.78 is 45.1. The lowest BCUT2D eigenvalue weighted by atomic mass is 10.2. The average Bonchev–Trinajstić information content (AvgIpc) is 3.38. The van der Waals surface area contributed by atoms with Gasteiger partial charge in [-0.15, -0.1) is 0 Å². The van der Waals surface area contributed by atoms with Crippen molar-refractivity contribution in [1.29, 1.82) is 0 Å². The Morgan fingerprint density at radius 3 is 2.67 bits per heavy atom. The monoisotopic (exact) mass is 381 g/mol. The molecule has 9 heteroatoms. The minimum atomic E-state index is -1.68. The quantitative estimate of drug-likeness (QED) is 0.746. The molecule has 3 rings (SSSR count). The van der Waals surface area contributed by atoms with Crippen molar-refractivity contribution in [2.24, 2.45) is 0 Å². The number of halogens is 3. The van der Waals surface area contributed by atoms with Gasteiger partial charge in [-0.2, -0.15) is 0 Å². The summed E-state index contributed by atoms with van der Waals surface area (Å²) in [5, 5.41) is 5.91. The molecule has 27 heavy (non-hydrogen) atoms. The van der Waals surface area contributed by atoms with Crippen molar-refractivity contribution in [1.82, 2.24) is 10.1 Å². The zero-order valence-corrected chi connectivity index (χ0v) is 14.6. The maximum atomic E-state index is 13.7. The lowest BCUT2D eigenvalue weighted by molar-refractivity contribution is -0.116. The molecule has 1 saturated carbocycles. The first-order valence-corrected chi connectivity index (χ1v) is 8.60. The predicted octanol–water partition coefficient (Wildman–Crippen LogP) is 3.46. The number of anilines is 1. The second-order valence-corrected chi connectivity index (χ2v) is 6.39. The summed E-state index contributed by atoms with van der Waals surface area (Å²) in [6.45, 7) is 1.69. The summed E-state index contributed by atoms with van der Waals surface area (Å²) in [6.07, 6.45) is 2.55. The Hall–Kier alpha value is -2.84. The van der Waals surface area contributed by atoms with E-state index in [1.165, 1.54) is 4.90 Å². The van der Waals surface area contributed by atoms with Gasteiger partial charge in [-0.1, -0.05) is 12.1 Å². The molecule has 1 fully saturated rings. The molecule has 0 atom stereocenters. The van der Waals surface area contributed by atoms with Gasteiger partial charge < -0.3 is 14.7 Å². The minimum Gasteiger partial charge on any atom is -0.360 e. The number of hydrogen-bond acceptors (Lipinski definition) is 4. The van der Waals surface area contributed by atoms with Crippen LogP contribution in [-0.2, 0) is 4.79 Å². The number of aromatic nitrogens is 1. The molecule has 144 valence electrons. The third-order valence-corrected chi connectivity index (χ3v) is 4.15. The standard InChI is InChI=1S/C18H18F3N3O3/c1-2-7-24(18(26)13-8-14(27-23-13)10-3-4-10)9-15(25)22-12-6-5-11(19)16(20)17(12)21/h5-6,8,10H,2-4,7,9H2,1H3,(H,22,25). The molecule has 6 nitrogen and oxygen atoms in total. The summed E-state index contributed by atoms with van der Waals surface area (Å²) in [5.74, 6) is -4.83. The molecular formula is C18H18F3N3O3. The molecule has 1 aliphatic rings. The Morgan fingerprint density at radius 1 is 1.26 bits per heavy atom. The average molecular weight is 381 g/mol. The van der Waals surface area contributed by atoms with E-state index in [1.54, 1.807) is 6.07 Å². The molecule has 2 amide bonds. The number of rotatable bonds is 7. The van der Waals surface area contributed by atoms with E-state index in [2.05, 4.69) is 10.5 Å². The van der Waals surface area contributed by atoms with E-state index >= 15 is 0 Å². The van der Waals surface area contributed by atoms with Crippen LogP contribution in [0.4, 0.5) is 18.9 Å². The summed E-state index contributed by atoms with van der Waals surface area (Å²) >= 11 is 0. The number of amides is 2. The molecule has 2 aromatic rings. The Labute approximate surface area is 153 Å². The van der Waals surface area contributed by atoms with Gasteiger partial charge in [0.15, 0.2) is 23.1 Å². The second-order valence-electron chi connectivity index (χ2n) is 6.39. The van der Waals surface area contributed by atoms with Crippen LogP contribution >= 0.6 is 0 Å². The number of carbonyl (C=O) groups is 2. The van der Waals surface area contributed by atoms with Gasteiger partial charge in [0, 0.05) is 18.5 Å². The summed E-state index contributed by atoms with van der Waals surface area (Å²) in [7, 11) is 0. The van der Waals surface area contributed by atoms with Crippen LogP contribution in [0.2, 0.25) is 0 Å². The highest BCUT2D eigenvalue weighted by Gasteiger charge is 2.30. The van der Waals surface area contributed by atoms with Crippen molar-refractivity contribution in [3.05, 3.63) is 47.1 Å². The number of nitrogens with zero attached hydrogens (tertiary/aromatic N) is 2. The van der Waals surface area contributed by atoms with Crippen molar-refractivity contribution in [3.8, 4) is 0 Å². The van der Waals surface area contributed by atoms with E-state index in [1.807, 2.05) is 6.92 Å². The van der Waals surface area contributed by atoms with Crippen LogP contribution in [0.5, 0.6) is 0 Å². The predicted molar refractivity (Wildman–Crippen MR) is 89.6 cm³/mol. The zero-order chi connectivity index (χ0) is 19.6. The first kappa shape index (κ1) is 18.9. The lowest BCUT2D eigenvalue weighted by Gasteiger charge is -2.20. The van der Waals surface area contributed by atoms with E-state index in [4.69, 9.17) is 4.52 Å². The zero-order valence-electron chi connectivity index (χ0n) is 14.6. The topological polar surface area (TPSA) is 75.4 Å². The molecule has 0 bridgehead atoms. The van der Waals surface area contributed by atoms with E-state index in [-0.39, 0.29) is 12.2 Å². The largest absolute Gasteiger partial charge is 0.360 e. The second kappa shape index (κ2) is 7.81. The third kappa shape index (κ3) is 4.29. The fourth-order valence-corrected chi connectivity index (χ4v) is 2.62. The van der Waals surface area contributed by atoms with Crippen LogP contribution in [0.1, 0.15) is 48.4 Å². The van der Waals surface area contributed by atoms with E-state index < -0.39 is 41.5 Å². The Balaban J connectivity index is 1.68. The van der Waals surface area contributed by atoms with Crippen LogP contribution in [0, 0.1) is 17.5 Å². The highest BCUT2D eigenvalue weighted by molar-refractivity contribution is 5.98. The van der Waals surface area contributed by atoms with Gasteiger partial charge in [0.25, 0.3) is 5.91 Å². The highest BCUT2D eigenvalue weighted by Crippen LogP contribution is 2.40. The van der Waals surface area contributed by atoms with E-state index in [9.17, 15) is 22.8 Å². The fourth-order valence-electron chi connectivity index (χ4n) is 2.62. The van der Waals surface area contributed by atoms with Crippen molar-refractivity contribution >= 4 is 17.5 Å². The van der Waals surface area contributed by atoms with Crippen LogP contribution in [0.15, 0.2) is 22.7 Å². The lowest BCUT2D eigenvalue weighted by Crippen LogP contribution is -2.38. The Morgan fingerprint density at radius 2 is 2.00 bits per heavy atom. The van der Waals surface area contributed by atoms with Gasteiger partial charge in [-0.05, 0) is 31.4 Å². The van der Waals surface area contributed by atoms with Crippen molar-refractivity contribution < 1.29 is 27.3 Å². The van der Waals surface area contributed by atoms with Crippen LogP contribution in [0.3, 0.4) is 0 Å². The maximum absolute atomic E-state index is 13.7. The highest BCUT2D eigenvalue weighted by atomic mass is 19.2. The van der Waals surface area contributed by atoms with Crippen LogP contribution in [0.25, 0.3) is 0 Å². The number of nitrogens with one attached hydrogen (secondary N) is 1. The number of hydrogen-bond donors (Lipinski definition) is 1. The van der Waals surface area contributed by atoms with Gasteiger partial charge in [-0.25, -0.2) is 13.2 Å². The van der Waals surface area contributed by atoms with Gasteiger partial charge in [0.1, 0.15) is 12.3 Å². The number of benzene rings is 1. The van der Waals surface area contributed by atoms with Gasteiger partial charge in [-0.3, -0.25) is 9.59 Å². The van der Waals surface area contributed by atoms with E-state index in [0.717, 1.165) is 18.9 Å². The molecule has 1 N–H and O–H groups in total. The molecule has 0 spiro atoms. The Kier molecular flexibility index (Phi) is 5.48. The van der Waals surface area contributed by atoms with Crippen molar-refractivity contribution in [2.45, 2.75) is 32.1 Å². The first-order chi connectivity index (χ1) is 12.9. The normalized spacial score (nSPS) is 13.5. The molecule has 1 heterocycles. The smallest absolute Gasteiger partial charge is 0.276 e. The molecule has 0 saturated heterocycles. The van der Waals surface area contributed by atoms with Crippen molar-refractivity contribution in [2.75, 3.05) is 18.4 Å². The molecule has 0 unspecified atom stereocenters. The molecule has 1 aromatic carbocycles. The summed E-state index contributed by atoms with van der Waals surface area (Å²) in [5.41, 5.74) is -0.405. The Bertz CT molecular complexity index is 865. The van der Waals surface area contributed by atoms with Gasteiger partial charge >= 0.3 is 0 Å². The minimum absolute atomic E-state index is 0.0946. The third-order valence-electron chi connectivity index (χ3n) is 4.15. The van der Waals surface area contributed by atoms with Crippen LogP contribution < -0.4 is 5.32 Å². The van der Waals surface area contributed by atoms with Crippen molar-refractivity contribution in [3.63, 3.8) is 0 Å². The molecular weight excluding hydrogens is 363 g/mol. The summed E-state index contributed by atoms with van der Waals surface area (Å²) in [6, 6.07) is 3.19. The van der Waals surface area contributed by atoms with E-state index in [0.29, 0.717) is 24.2 Å². The number of carbonyl (C=O) groups excluding carboxylic acids is 2. The maximum Gasteiger partial charge on any atom is 0.276 e. The van der Waals surface area contributed by atoms with Gasteiger partial charge in [0.05, 0.1) is 5.69 Å². The van der Waals surface area contributed by atoms with Crippen LogP contribution in [-0.4, -0.2) is 35.0 Å². The summed E-state index contributed by atoms with van der Waals surface area (Å²) in [4.78, 5) is 26.0. The SMILES string of the molecule is CCCN(CC(=O)Nc1ccc(F)c(F)c1F)C(=O)c1cc(C2CC2)on1. The molecule has 1 aromatic heterocycles. The first-order valence-electron chi connectivity index (χ1n) is 8.60.